The molecule has 0 radical (unpaired) electrons. The molecule has 0 heterocycles. The van der Waals surface area contributed by atoms with Gasteiger partial charge in [0.05, 0.1) is 4.90 Å². The lowest BCUT2D eigenvalue weighted by molar-refractivity contribution is -0.0540. The molecule has 22 heavy (non-hydrogen) atoms. The maximum atomic E-state index is 12.8. The van der Waals surface area contributed by atoms with E-state index in [0.29, 0.717) is 18.4 Å². The maximum Gasteiger partial charge on any atom is 0.245 e. The summed E-state index contributed by atoms with van der Waals surface area (Å²) in [6.45, 7) is 1.90. The monoisotopic (exact) mass is 317 g/mol. The Hall–Kier alpha value is -1.69. The Labute approximate surface area is 131 Å². The number of fused-ring (bicyclic) bond motifs is 1. The fourth-order valence-electron chi connectivity index (χ4n) is 2.97. The van der Waals surface area contributed by atoms with E-state index < -0.39 is 15.7 Å². The van der Waals surface area contributed by atoms with Crippen molar-refractivity contribution in [2.24, 2.45) is 0 Å². The molecule has 2 aromatic carbocycles. The standard InChI is InChI=1S/C17H19NO3S/c1-13-7-9-15(10-8-13)22(20,21)18(2)17(19)12-11-14-5-3-4-6-16(14)17/h3-10,19H,11-12H2,1-2H3/t17-/m1/s1. The fraction of sp³-hybridized carbons (Fsp3) is 0.294. The van der Waals surface area contributed by atoms with Crippen LogP contribution in [0.4, 0.5) is 0 Å². The largest absolute Gasteiger partial charge is 0.370 e. The van der Waals surface area contributed by atoms with E-state index in [2.05, 4.69) is 0 Å². The molecule has 5 heteroatoms. The molecule has 3 rings (SSSR count). The highest BCUT2D eigenvalue weighted by Gasteiger charge is 2.45. The first-order valence-corrected chi connectivity index (χ1v) is 8.66. The van der Waals surface area contributed by atoms with Crippen molar-refractivity contribution in [2.45, 2.75) is 30.4 Å². The van der Waals surface area contributed by atoms with Gasteiger partial charge in [-0.05, 0) is 37.5 Å². The van der Waals surface area contributed by atoms with Crippen molar-refractivity contribution in [3.8, 4) is 0 Å². The van der Waals surface area contributed by atoms with Gasteiger partial charge in [0.1, 0.15) is 0 Å². The molecule has 0 unspecified atom stereocenters. The van der Waals surface area contributed by atoms with E-state index in [4.69, 9.17) is 0 Å². The Bertz CT molecular complexity index is 799. The van der Waals surface area contributed by atoms with Gasteiger partial charge in [0.2, 0.25) is 10.0 Å². The Morgan fingerprint density at radius 1 is 1.09 bits per heavy atom. The van der Waals surface area contributed by atoms with Crippen molar-refractivity contribution >= 4 is 10.0 Å². The molecule has 0 spiro atoms. The number of nitrogens with zero attached hydrogens (tertiary/aromatic N) is 1. The first-order chi connectivity index (χ1) is 10.4. The molecule has 0 aromatic heterocycles. The van der Waals surface area contributed by atoms with Gasteiger partial charge in [-0.2, -0.15) is 4.31 Å². The highest BCUT2D eigenvalue weighted by Crippen LogP contribution is 2.41. The summed E-state index contributed by atoms with van der Waals surface area (Å²) < 4.78 is 26.7. The van der Waals surface area contributed by atoms with Crippen molar-refractivity contribution < 1.29 is 13.5 Å². The highest BCUT2D eigenvalue weighted by atomic mass is 32.2. The lowest BCUT2D eigenvalue weighted by Crippen LogP contribution is -2.45. The third-order valence-electron chi connectivity index (χ3n) is 4.39. The van der Waals surface area contributed by atoms with Crippen LogP contribution in [0.1, 0.15) is 23.1 Å². The second-order valence-electron chi connectivity index (χ2n) is 5.76. The highest BCUT2D eigenvalue weighted by molar-refractivity contribution is 7.89. The number of sulfonamides is 1. The summed E-state index contributed by atoms with van der Waals surface area (Å²) in [6, 6.07) is 14.1. The average molecular weight is 317 g/mol. The summed E-state index contributed by atoms with van der Waals surface area (Å²) in [5.41, 5.74) is 1.18. The number of aliphatic hydroxyl groups is 1. The van der Waals surface area contributed by atoms with E-state index in [1.54, 1.807) is 30.3 Å². The minimum absolute atomic E-state index is 0.193. The predicted molar refractivity (Wildman–Crippen MR) is 84.8 cm³/mol. The topological polar surface area (TPSA) is 57.6 Å². The molecule has 0 aliphatic heterocycles. The van der Waals surface area contributed by atoms with Crippen LogP contribution >= 0.6 is 0 Å². The van der Waals surface area contributed by atoms with Crippen LogP contribution in [0, 0.1) is 6.92 Å². The van der Waals surface area contributed by atoms with Gasteiger partial charge in [-0.1, -0.05) is 42.0 Å². The van der Waals surface area contributed by atoms with Gasteiger partial charge >= 0.3 is 0 Å². The van der Waals surface area contributed by atoms with Gasteiger partial charge < -0.3 is 5.11 Å². The second kappa shape index (κ2) is 5.19. The summed E-state index contributed by atoms with van der Waals surface area (Å²) in [6.07, 6.45) is 1.04. The Balaban J connectivity index is 2.04. The molecule has 1 aliphatic carbocycles. The number of hydrogen-bond donors (Lipinski definition) is 1. The lowest BCUT2D eigenvalue weighted by atomic mass is 10.1. The fourth-order valence-corrected chi connectivity index (χ4v) is 4.35. The molecule has 0 saturated carbocycles. The molecular formula is C17H19NO3S. The van der Waals surface area contributed by atoms with Crippen molar-refractivity contribution in [3.63, 3.8) is 0 Å². The van der Waals surface area contributed by atoms with Crippen LogP contribution in [-0.2, 0) is 22.2 Å². The molecule has 1 atom stereocenters. The molecule has 0 saturated heterocycles. The summed E-state index contributed by atoms with van der Waals surface area (Å²) in [7, 11) is -2.32. The third-order valence-corrected chi connectivity index (χ3v) is 6.28. The first kappa shape index (κ1) is 15.2. The third kappa shape index (κ3) is 2.26. The van der Waals surface area contributed by atoms with Crippen molar-refractivity contribution in [2.75, 3.05) is 7.05 Å². The zero-order valence-electron chi connectivity index (χ0n) is 12.7. The number of benzene rings is 2. The second-order valence-corrected chi connectivity index (χ2v) is 7.73. The zero-order chi connectivity index (χ0) is 16.0. The molecule has 1 aliphatic rings. The maximum absolute atomic E-state index is 12.8. The van der Waals surface area contributed by atoms with E-state index in [9.17, 15) is 13.5 Å². The van der Waals surface area contributed by atoms with Gasteiger partial charge in [0, 0.05) is 12.6 Å². The number of aryl methyl sites for hydroxylation is 2. The van der Waals surface area contributed by atoms with E-state index in [1.807, 2.05) is 25.1 Å². The molecule has 1 N–H and O–H groups in total. The van der Waals surface area contributed by atoms with Crippen LogP contribution in [-0.4, -0.2) is 24.9 Å². The summed E-state index contributed by atoms with van der Waals surface area (Å²) in [4.78, 5) is 0.193. The minimum atomic E-state index is -3.76. The van der Waals surface area contributed by atoms with Crippen LogP contribution in [0.15, 0.2) is 53.4 Å². The SMILES string of the molecule is Cc1ccc(S(=O)(=O)N(C)[C@@]2(O)CCc3ccccc32)cc1. The van der Waals surface area contributed by atoms with Crippen molar-refractivity contribution in [1.82, 2.24) is 4.31 Å². The minimum Gasteiger partial charge on any atom is -0.370 e. The van der Waals surface area contributed by atoms with E-state index >= 15 is 0 Å². The van der Waals surface area contributed by atoms with Gasteiger partial charge in [0.15, 0.2) is 5.72 Å². The Morgan fingerprint density at radius 2 is 1.73 bits per heavy atom. The van der Waals surface area contributed by atoms with Crippen LogP contribution < -0.4 is 0 Å². The average Bonchev–Trinajstić information content (AvgIpc) is 2.86. The zero-order valence-corrected chi connectivity index (χ0v) is 13.5. The molecule has 0 fully saturated rings. The van der Waals surface area contributed by atoms with Crippen molar-refractivity contribution in [3.05, 3.63) is 65.2 Å². The number of hydrogen-bond acceptors (Lipinski definition) is 3. The summed E-state index contributed by atoms with van der Waals surface area (Å²) in [5.74, 6) is 0. The number of rotatable bonds is 3. The lowest BCUT2D eigenvalue weighted by Gasteiger charge is -2.33. The quantitative estimate of drug-likeness (QED) is 0.885. The predicted octanol–water partition coefficient (Wildman–Crippen LogP) is 2.41. The molecule has 4 nitrogen and oxygen atoms in total. The van der Waals surface area contributed by atoms with E-state index in [-0.39, 0.29) is 4.90 Å². The van der Waals surface area contributed by atoms with Crippen LogP contribution in [0.25, 0.3) is 0 Å². The molecule has 116 valence electrons. The van der Waals surface area contributed by atoms with Gasteiger partial charge in [-0.3, -0.25) is 0 Å². The van der Waals surface area contributed by atoms with Crippen LogP contribution in [0.3, 0.4) is 0 Å². The van der Waals surface area contributed by atoms with Crippen LogP contribution in [0.5, 0.6) is 0 Å². The van der Waals surface area contributed by atoms with Gasteiger partial charge in [-0.15, -0.1) is 0 Å². The first-order valence-electron chi connectivity index (χ1n) is 7.22. The summed E-state index contributed by atoms with van der Waals surface area (Å²) in [5, 5.41) is 11.0. The molecule has 0 bridgehead atoms. The summed E-state index contributed by atoms with van der Waals surface area (Å²) >= 11 is 0. The normalized spacial score (nSPS) is 21.1. The molecular weight excluding hydrogens is 298 g/mol. The van der Waals surface area contributed by atoms with Crippen molar-refractivity contribution in [1.29, 1.82) is 0 Å². The van der Waals surface area contributed by atoms with E-state index in [0.717, 1.165) is 15.4 Å². The molecule has 2 aromatic rings. The van der Waals surface area contributed by atoms with Crippen LogP contribution in [0.2, 0.25) is 0 Å². The Morgan fingerprint density at radius 3 is 2.41 bits per heavy atom. The van der Waals surface area contributed by atoms with Gasteiger partial charge in [-0.25, -0.2) is 8.42 Å². The smallest absolute Gasteiger partial charge is 0.245 e. The van der Waals surface area contributed by atoms with E-state index in [1.165, 1.54) is 7.05 Å². The van der Waals surface area contributed by atoms with Gasteiger partial charge in [0.25, 0.3) is 0 Å². The Kier molecular flexibility index (Phi) is 3.59. The molecule has 0 amide bonds.